The summed E-state index contributed by atoms with van der Waals surface area (Å²) in [6, 6.07) is 11.4. The van der Waals surface area contributed by atoms with Gasteiger partial charge in [-0.15, -0.1) is 0 Å². The summed E-state index contributed by atoms with van der Waals surface area (Å²) in [6.07, 6.45) is 7.00. The Morgan fingerprint density at radius 2 is 1.09 bits per heavy atom. The van der Waals surface area contributed by atoms with Crippen LogP contribution in [0.5, 0.6) is 0 Å². The molecule has 0 aliphatic heterocycles. The van der Waals surface area contributed by atoms with Crippen LogP contribution >= 0.6 is 0 Å². The molecule has 2 N–H and O–H groups in total. The van der Waals surface area contributed by atoms with E-state index < -0.39 is 20.8 Å². The van der Waals surface area contributed by atoms with Gasteiger partial charge in [0.05, 0.1) is 0 Å². The minimum Gasteiger partial charge on any atom is -0.265 e. The second-order valence-corrected chi connectivity index (χ2v) is 5.39. The van der Waals surface area contributed by atoms with Gasteiger partial charge in [0.15, 0.2) is 0 Å². The topological polar surface area (TPSA) is 153 Å². The average molecular weight is 352 g/mol. The predicted octanol–water partition coefficient (Wildman–Crippen LogP) is 0.703. The first-order valence-electron chi connectivity index (χ1n) is 5.23. The van der Waals surface area contributed by atoms with Crippen molar-refractivity contribution in [3.05, 3.63) is 61.2 Å². The monoisotopic (exact) mass is 352 g/mol. The third-order valence-corrected chi connectivity index (χ3v) is 2.93. The fraction of sp³-hybridized carbons (Fsp3) is 0. The van der Waals surface area contributed by atoms with Crippen LogP contribution in [-0.2, 0) is 28.8 Å². The summed E-state index contributed by atoms with van der Waals surface area (Å²) in [6.45, 7) is 0. The van der Waals surface area contributed by atoms with Crippen molar-refractivity contribution in [3.63, 3.8) is 0 Å². The molecule has 0 saturated heterocycles. The molecule has 2 aromatic rings. The van der Waals surface area contributed by atoms with E-state index in [2.05, 4.69) is 17.9 Å². The normalized spacial score (nSPS) is 10.5. The molecule has 0 radical (unpaired) electrons. The van der Waals surface area contributed by atoms with Crippen LogP contribution in [0.15, 0.2) is 61.2 Å². The van der Waals surface area contributed by atoms with Crippen molar-refractivity contribution in [2.45, 2.75) is 0 Å². The van der Waals surface area contributed by atoms with E-state index in [-0.39, 0.29) is 0 Å². The molecule has 2 aromatic heterocycles. The second-order valence-electron chi connectivity index (χ2n) is 3.03. The lowest BCUT2D eigenvalue weighted by molar-refractivity contribution is -0.138. The lowest BCUT2D eigenvalue weighted by atomic mass is 10.5. The summed E-state index contributed by atoms with van der Waals surface area (Å²) < 4.78 is 51.7. The lowest BCUT2D eigenvalue weighted by Crippen LogP contribution is -2.13. The molecule has 10 nitrogen and oxygen atoms in total. The fourth-order valence-corrected chi connectivity index (χ4v) is 1.68. The maximum atomic E-state index is 9.78. The highest BCUT2D eigenvalue weighted by atomic mass is 32.3. The summed E-state index contributed by atoms with van der Waals surface area (Å²) in [7, 11) is -10.2. The Bertz CT molecular complexity index is 607. The van der Waals surface area contributed by atoms with E-state index >= 15 is 0 Å². The summed E-state index contributed by atoms with van der Waals surface area (Å²) >= 11 is 0. The largest absolute Gasteiger partial charge is 0.442 e. The highest BCUT2D eigenvalue weighted by Crippen LogP contribution is 1.97. The minimum atomic E-state index is -5.17. The first-order valence-corrected chi connectivity index (χ1v) is 7.93. The molecule has 0 aromatic carbocycles. The van der Waals surface area contributed by atoms with Crippen LogP contribution < -0.4 is 0 Å². The molecule has 0 saturated carbocycles. The Hall–Kier alpha value is -1.96. The van der Waals surface area contributed by atoms with E-state index in [1.807, 2.05) is 36.4 Å². The van der Waals surface area contributed by atoms with Gasteiger partial charge < -0.3 is 0 Å². The van der Waals surface area contributed by atoms with Gasteiger partial charge in [-0.25, -0.2) is 5.26 Å². The summed E-state index contributed by atoms with van der Waals surface area (Å²) in [5.74, 6) is 0. The molecule has 0 aliphatic rings. The average Bonchev–Trinajstić information content (AvgIpc) is 2.50. The van der Waals surface area contributed by atoms with Gasteiger partial charge in [-0.3, -0.25) is 14.5 Å². The highest BCUT2D eigenvalue weighted by Gasteiger charge is 2.20. The second kappa shape index (κ2) is 10.7. The SMILES string of the molecule is O=S(=O)(O)OS(=O)(=O)OO.c1ccncc1.c1ccncc1. The first-order chi connectivity index (χ1) is 10.3. The predicted molar refractivity (Wildman–Crippen MR) is 73.7 cm³/mol. The molecule has 0 bridgehead atoms. The Kier molecular flexibility index (Phi) is 9.77. The van der Waals surface area contributed by atoms with E-state index in [1.165, 1.54) is 0 Å². The molecule has 0 aliphatic carbocycles. The molecule has 2 rings (SSSR count). The first kappa shape index (κ1) is 20.0. The molecule has 22 heavy (non-hydrogen) atoms. The molecule has 0 atom stereocenters. The molecule has 0 spiro atoms. The van der Waals surface area contributed by atoms with Crippen LogP contribution in [0.2, 0.25) is 0 Å². The molecule has 122 valence electrons. The van der Waals surface area contributed by atoms with Crippen LogP contribution in [0, 0.1) is 0 Å². The molecule has 12 heteroatoms. The standard InChI is InChI=1S/2C5H5N.H2O8S2/c2*1-2-4-6-5-3-1;1-7-10(5,6)8-9(2,3)4/h2*1-5H;1H,(H,2,3,4). The third-order valence-electron chi connectivity index (χ3n) is 1.39. The maximum Gasteiger partial charge on any atom is 0.442 e. The van der Waals surface area contributed by atoms with Crippen molar-refractivity contribution in [3.8, 4) is 0 Å². The number of hydrogen-bond donors (Lipinski definition) is 2. The Morgan fingerprint density at radius 3 is 1.18 bits per heavy atom. The van der Waals surface area contributed by atoms with Gasteiger partial charge in [-0.2, -0.15) is 16.8 Å². The van der Waals surface area contributed by atoms with E-state index in [4.69, 9.17) is 9.81 Å². The zero-order valence-electron chi connectivity index (χ0n) is 10.8. The van der Waals surface area contributed by atoms with E-state index in [0.29, 0.717) is 0 Å². The minimum absolute atomic E-state index is 1.75. The Labute approximate surface area is 127 Å². The fourth-order valence-electron chi connectivity index (χ4n) is 0.743. The van der Waals surface area contributed by atoms with E-state index in [0.717, 1.165) is 0 Å². The third kappa shape index (κ3) is 14.4. The number of nitrogens with zero attached hydrogens (tertiary/aromatic N) is 2. The van der Waals surface area contributed by atoms with Gasteiger partial charge in [-0.05, 0) is 24.3 Å². The molecule has 0 fully saturated rings. The quantitative estimate of drug-likeness (QED) is 0.458. The molecule has 2 heterocycles. The number of aromatic nitrogens is 2. The van der Waals surface area contributed by atoms with Gasteiger partial charge in [0.25, 0.3) is 0 Å². The van der Waals surface area contributed by atoms with Gasteiger partial charge in [-0.1, -0.05) is 20.1 Å². The van der Waals surface area contributed by atoms with Gasteiger partial charge in [0.2, 0.25) is 0 Å². The van der Waals surface area contributed by atoms with Crippen LogP contribution in [0.3, 0.4) is 0 Å². The zero-order valence-corrected chi connectivity index (χ0v) is 12.5. The summed E-state index contributed by atoms with van der Waals surface area (Å²) in [5.41, 5.74) is 0. The van der Waals surface area contributed by atoms with Crippen LogP contribution in [-0.4, -0.2) is 36.6 Å². The molecule has 0 amide bonds. The van der Waals surface area contributed by atoms with Crippen molar-refractivity contribution in [1.29, 1.82) is 0 Å². The highest BCUT2D eigenvalue weighted by molar-refractivity contribution is 7.94. The van der Waals surface area contributed by atoms with Crippen molar-refractivity contribution in [2.24, 2.45) is 0 Å². The molecular formula is C10H12N2O8S2. The zero-order chi connectivity index (χ0) is 16.9. The van der Waals surface area contributed by atoms with Crippen molar-refractivity contribution in [1.82, 2.24) is 9.97 Å². The molecule has 0 unspecified atom stereocenters. The molecular weight excluding hydrogens is 340 g/mol. The van der Waals surface area contributed by atoms with Gasteiger partial charge >= 0.3 is 20.8 Å². The van der Waals surface area contributed by atoms with E-state index in [1.54, 1.807) is 24.8 Å². The number of pyridine rings is 2. The number of hydrogen-bond acceptors (Lipinski definition) is 9. The van der Waals surface area contributed by atoms with Crippen molar-refractivity contribution in [2.75, 3.05) is 0 Å². The lowest BCUT2D eigenvalue weighted by Gasteiger charge is -1.93. The van der Waals surface area contributed by atoms with Gasteiger partial charge in [0.1, 0.15) is 0 Å². The summed E-state index contributed by atoms with van der Waals surface area (Å²) in [4.78, 5) is 7.57. The van der Waals surface area contributed by atoms with E-state index in [9.17, 15) is 16.8 Å². The maximum absolute atomic E-state index is 9.78. The van der Waals surface area contributed by atoms with Crippen LogP contribution in [0.4, 0.5) is 0 Å². The Balaban J connectivity index is 0.000000315. The van der Waals surface area contributed by atoms with Crippen molar-refractivity contribution < 1.29 is 34.6 Å². The Morgan fingerprint density at radius 1 is 0.727 bits per heavy atom. The van der Waals surface area contributed by atoms with Crippen molar-refractivity contribution >= 4 is 20.8 Å². The van der Waals surface area contributed by atoms with Crippen LogP contribution in [0.1, 0.15) is 0 Å². The smallest absolute Gasteiger partial charge is 0.265 e. The number of rotatable bonds is 3. The van der Waals surface area contributed by atoms with Crippen LogP contribution in [0.25, 0.3) is 0 Å². The van der Waals surface area contributed by atoms with Gasteiger partial charge in [0, 0.05) is 24.8 Å². The summed E-state index contributed by atoms with van der Waals surface area (Å²) in [5, 5.41) is 7.37.